The zero-order valence-electron chi connectivity index (χ0n) is 28.7. The van der Waals surface area contributed by atoms with Gasteiger partial charge in [-0.15, -0.1) is 0 Å². The average Bonchev–Trinajstić information content (AvgIpc) is 4.01. The number of rotatable bonds is 4. The van der Waals surface area contributed by atoms with Gasteiger partial charge >= 0.3 is 159 Å². The molecule has 0 unspecified atom stereocenters. The molecule has 261 valence electrons. The number of nitrogens with one attached hydrogen (secondary N) is 2. The van der Waals surface area contributed by atoms with E-state index in [-0.39, 0.29) is 0 Å². The molecular formula is C44H37BMnN4O3. The van der Waals surface area contributed by atoms with Crippen molar-refractivity contribution in [2.45, 2.75) is 0 Å². The number of hydrogen-bond donors (Lipinski definition) is 5. The standard InChI is InChI=1S/C20H14N4.4C6H5.BH3O3.Mn/c1-2-14-10-16-5-6-18(23-16)12-20-8-7-19(24-20)11-17-4-3-15(22-17)9-13(1)21-14;4*1-2-4-6-5-3-1;2-1(3)4;/h1-12,21,24H;4*1-5H;2-4H;. The van der Waals surface area contributed by atoms with Crippen LogP contribution in [0.3, 0.4) is 0 Å². The monoisotopic (exact) mass is 735 g/mol. The second-order valence-corrected chi connectivity index (χ2v) is 16.5. The summed E-state index contributed by atoms with van der Waals surface area (Å²) < 4.78 is 5.67. The Balaban J connectivity index is 0.000000149. The van der Waals surface area contributed by atoms with Gasteiger partial charge < -0.3 is 25.0 Å². The molecule has 4 aromatic carbocycles. The van der Waals surface area contributed by atoms with Crippen molar-refractivity contribution >= 4 is 71.5 Å². The molecule has 9 heteroatoms. The molecular weight excluding hydrogens is 698 g/mol. The van der Waals surface area contributed by atoms with Crippen LogP contribution in [-0.4, -0.2) is 42.3 Å². The fraction of sp³-hybridized carbons (Fsp3) is 0. The third-order valence-corrected chi connectivity index (χ3v) is 13.9. The van der Waals surface area contributed by atoms with Gasteiger partial charge in [0.25, 0.3) is 0 Å². The van der Waals surface area contributed by atoms with Crippen molar-refractivity contribution in [2.75, 3.05) is 0 Å². The Morgan fingerprint density at radius 3 is 0.811 bits per heavy atom. The Labute approximate surface area is 310 Å². The third kappa shape index (κ3) is 8.54. The molecule has 0 amide bonds. The number of hydrogen-bond acceptors (Lipinski definition) is 5. The molecule has 8 bridgehead atoms. The Bertz CT molecular complexity index is 2160. The Morgan fingerprint density at radius 2 is 0.585 bits per heavy atom. The predicted molar refractivity (Wildman–Crippen MR) is 216 cm³/mol. The van der Waals surface area contributed by atoms with Crippen molar-refractivity contribution < 1.29 is 27.9 Å². The van der Waals surface area contributed by atoms with Gasteiger partial charge in [-0.2, -0.15) is 0 Å². The molecule has 53 heavy (non-hydrogen) atoms. The van der Waals surface area contributed by atoms with E-state index in [9.17, 15) is 0 Å². The van der Waals surface area contributed by atoms with Gasteiger partial charge in [-0.25, -0.2) is 9.97 Å². The number of fused-ring (bicyclic) bond motifs is 8. The van der Waals surface area contributed by atoms with Crippen LogP contribution in [0.25, 0.3) is 46.4 Å². The Hall–Kier alpha value is -6.06. The molecule has 0 aliphatic carbocycles. The first-order chi connectivity index (χ1) is 26.0. The maximum absolute atomic E-state index is 7.17. The summed E-state index contributed by atoms with van der Waals surface area (Å²) in [6.07, 6.45) is 8.09. The number of benzene rings is 4. The second kappa shape index (κ2) is 16.5. The van der Waals surface area contributed by atoms with E-state index < -0.39 is 20.2 Å². The number of aromatic nitrogens is 4. The molecule has 7 aromatic rings. The first-order valence-electron chi connectivity index (χ1n) is 17.0. The second-order valence-electron chi connectivity index (χ2n) is 12.0. The third-order valence-electron chi connectivity index (χ3n) is 8.28. The van der Waals surface area contributed by atoms with Crippen LogP contribution in [0.2, 0.25) is 0 Å². The molecule has 2 aliphatic heterocycles. The summed E-state index contributed by atoms with van der Waals surface area (Å²) in [6, 6.07) is 60.4. The van der Waals surface area contributed by atoms with Crippen LogP contribution in [0.5, 0.6) is 0 Å². The fourth-order valence-electron chi connectivity index (χ4n) is 6.11. The Kier molecular flexibility index (Phi) is 11.0. The molecule has 7 nitrogen and oxygen atoms in total. The van der Waals surface area contributed by atoms with E-state index in [4.69, 9.17) is 15.1 Å². The van der Waals surface area contributed by atoms with Crippen LogP contribution >= 0.6 is 0 Å². The van der Waals surface area contributed by atoms with E-state index in [0.29, 0.717) is 0 Å². The summed E-state index contributed by atoms with van der Waals surface area (Å²) in [5.41, 5.74) is 7.86. The van der Waals surface area contributed by atoms with Crippen LogP contribution in [0.1, 0.15) is 22.8 Å². The van der Waals surface area contributed by atoms with Crippen molar-refractivity contribution in [3.05, 3.63) is 193 Å². The van der Waals surface area contributed by atoms with Crippen molar-refractivity contribution in [3.8, 4) is 0 Å². The summed E-state index contributed by atoms with van der Waals surface area (Å²) >= 11 is -2.32. The topological polar surface area (TPSA) is 118 Å². The van der Waals surface area contributed by atoms with E-state index in [2.05, 4.69) is 166 Å². The molecule has 0 atom stereocenters. The van der Waals surface area contributed by atoms with Crippen molar-refractivity contribution in [1.29, 1.82) is 0 Å². The average molecular weight is 736 g/mol. The van der Waals surface area contributed by atoms with Gasteiger partial charge in [0.05, 0.1) is 22.8 Å². The van der Waals surface area contributed by atoms with E-state index in [1.807, 2.05) is 48.6 Å². The van der Waals surface area contributed by atoms with Gasteiger partial charge in [-0.3, -0.25) is 0 Å². The van der Waals surface area contributed by atoms with Gasteiger partial charge in [0.1, 0.15) is 0 Å². The van der Waals surface area contributed by atoms with Crippen LogP contribution in [0.4, 0.5) is 0 Å². The summed E-state index contributed by atoms with van der Waals surface area (Å²) in [4.78, 5) is 16.0. The summed E-state index contributed by atoms with van der Waals surface area (Å²) in [5.74, 6) is 0. The van der Waals surface area contributed by atoms with Gasteiger partial charge in [0.2, 0.25) is 0 Å². The van der Waals surface area contributed by atoms with Crippen LogP contribution in [0, 0.1) is 0 Å². The van der Waals surface area contributed by atoms with Gasteiger partial charge in [-0.1, -0.05) is 0 Å². The first-order valence-corrected chi connectivity index (χ1v) is 19.4. The summed E-state index contributed by atoms with van der Waals surface area (Å²) in [5, 5.41) is 21.5. The molecule has 0 radical (unpaired) electrons. The van der Waals surface area contributed by atoms with E-state index in [1.165, 1.54) is 17.8 Å². The number of aromatic amines is 2. The van der Waals surface area contributed by atoms with Crippen molar-refractivity contribution in [2.24, 2.45) is 0 Å². The van der Waals surface area contributed by atoms with E-state index in [1.54, 1.807) is 0 Å². The normalized spacial score (nSPS) is 11.8. The quantitative estimate of drug-likeness (QED) is 0.141. The molecule has 9 rings (SSSR count). The maximum atomic E-state index is 7.17. The van der Waals surface area contributed by atoms with E-state index >= 15 is 0 Å². The fourth-order valence-corrected chi connectivity index (χ4v) is 11.7. The van der Waals surface area contributed by atoms with Crippen LogP contribution in [0.15, 0.2) is 170 Å². The molecule has 0 spiro atoms. The molecule has 3 aromatic heterocycles. The van der Waals surface area contributed by atoms with Crippen LogP contribution in [-0.2, 0) is 12.8 Å². The predicted octanol–water partition coefficient (Wildman–Crippen LogP) is 6.05. The molecule has 2 aliphatic rings. The van der Waals surface area contributed by atoms with Gasteiger partial charge in [-0.05, 0) is 72.8 Å². The molecule has 0 saturated carbocycles. The number of nitrogens with zero attached hydrogens (tertiary/aromatic N) is 2. The molecule has 5 heterocycles. The zero-order valence-corrected chi connectivity index (χ0v) is 29.8. The minimum atomic E-state index is -2.32. The van der Waals surface area contributed by atoms with E-state index in [0.717, 1.165) is 44.8 Å². The van der Waals surface area contributed by atoms with Crippen LogP contribution < -0.4 is 17.8 Å². The van der Waals surface area contributed by atoms with Crippen molar-refractivity contribution in [1.82, 2.24) is 19.9 Å². The zero-order chi connectivity index (χ0) is 36.5. The molecule has 0 saturated heterocycles. The minimum absolute atomic E-state index is 0.939. The summed E-state index contributed by atoms with van der Waals surface area (Å²) in [6.45, 7) is 0. The SMILES string of the molecule is C1=Cc2cc3ccc(cc4nc(cc5ccc(cc1n2)[nH]5)C=C4)[nH]3.OB(O)O.c1cc[c]([Mn]([c]2ccccc2)([c]2ccccc2)[c]2ccccc2)cc1. The number of H-pyrrole nitrogens is 2. The van der Waals surface area contributed by atoms with Gasteiger partial charge in [0, 0.05) is 22.1 Å². The van der Waals surface area contributed by atoms with Crippen molar-refractivity contribution in [3.63, 3.8) is 0 Å². The summed E-state index contributed by atoms with van der Waals surface area (Å²) in [7, 11) is -2.17. The molecule has 0 fully saturated rings. The molecule has 5 N–H and O–H groups in total. The Morgan fingerprint density at radius 1 is 0.358 bits per heavy atom. The van der Waals surface area contributed by atoms with Gasteiger partial charge in [0.15, 0.2) is 0 Å². The first kappa shape index (κ1) is 35.4.